The monoisotopic (exact) mass is 442 g/mol. The molecule has 1 aromatic heterocycles. The molecule has 11 nitrogen and oxygen atoms in total. The summed E-state index contributed by atoms with van der Waals surface area (Å²) in [5, 5.41) is 12.5. The average molecular weight is 443 g/mol. The molecule has 172 valence electrons. The molecule has 0 saturated heterocycles. The van der Waals surface area contributed by atoms with Gasteiger partial charge in [0.2, 0.25) is 0 Å². The number of hydrogen-bond acceptors (Lipinski definition) is 9. The van der Waals surface area contributed by atoms with Gasteiger partial charge in [-0.2, -0.15) is 5.53 Å². The Morgan fingerprint density at radius 3 is 2.75 bits per heavy atom. The topological polar surface area (TPSA) is 145 Å². The molecule has 1 aliphatic heterocycles. The summed E-state index contributed by atoms with van der Waals surface area (Å²) in [5.41, 5.74) is 7.93. The summed E-state index contributed by atoms with van der Waals surface area (Å²) >= 11 is 0. The Labute approximate surface area is 187 Å². The van der Waals surface area contributed by atoms with Crippen LogP contribution in [0.5, 0.6) is 0 Å². The first-order chi connectivity index (χ1) is 15.4. The second-order valence-corrected chi connectivity index (χ2v) is 8.42. The van der Waals surface area contributed by atoms with Crippen LogP contribution in [0.25, 0.3) is 0 Å². The van der Waals surface area contributed by atoms with Gasteiger partial charge in [-0.25, -0.2) is 9.78 Å². The number of likely N-dealkylation sites (N-methyl/N-ethyl adjacent to an activating group) is 1. The number of ether oxygens (including phenoxy) is 1. The van der Waals surface area contributed by atoms with Crippen molar-refractivity contribution >= 4 is 24.4 Å². The zero-order valence-corrected chi connectivity index (χ0v) is 18.5. The smallest absolute Gasteiger partial charge is 0.333 e. The molecule has 1 aliphatic carbocycles. The second-order valence-electron chi connectivity index (χ2n) is 8.42. The van der Waals surface area contributed by atoms with Gasteiger partial charge >= 0.3 is 5.97 Å². The molecule has 32 heavy (non-hydrogen) atoms. The number of esters is 1. The molecule has 0 unspecified atom stereocenters. The molecule has 0 amide bonds. The van der Waals surface area contributed by atoms with Gasteiger partial charge in [-0.3, -0.25) is 4.98 Å². The van der Waals surface area contributed by atoms with E-state index in [2.05, 4.69) is 37.8 Å². The molecule has 1 atom stereocenters. The highest BCUT2D eigenvalue weighted by molar-refractivity contribution is 5.85. The zero-order valence-electron chi connectivity index (χ0n) is 18.5. The van der Waals surface area contributed by atoms with Crippen LogP contribution in [-0.2, 0) is 20.9 Å². The van der Waals surface area contributed by atoms with Crippen LogP contribution in [-0.4, -0.2) is 59.2 Å². The number of carbonyl (C=O) groups is 2. The lowest BCUT2D eigenvalue weighted by molar-refractivity contribution is -0.135. The first-order valence-electron chi connectivity index (χ1n) is 10.7. The maximum Gasteiger partial charge on any atom is 0.333 e. The molecule has 0 aromatic carbocycles. The van der Waals surface area contributed by atoms with Crippen molar-refractivity contribution in [2.45, 2.75) is 57.7 Å². The number of anilines is 1. The molecule has 0 spiro atoms. The highest BCUT2D eigenvalue weighted by Crippen LogP contribution is 2.39. The number of aldehydes is 1. The molecule has 1 aromatic rings. The molecule has 0 radical (unpaired) electrons. The SMILES string of the molecule is C[C@H](C[C@]1(C=O)CC[C@@H](NCc2cnc(N/C=N\N=N)cn2)CC1)N(C)C1=CC(=O)OC1. The minimum Gasteiger partial charge on any atom is -0.456 e. The predicted octanol–water partition coefficient (Wildman–Crippen LogP) is 2.23. The van der Waals surface area contributed by atoms with Crippen LogP contribution in [0.3, 0.4) is 0 Å². The normalized spacial score (nSPS) is 24.0. The number of aromatic nitrogens is 2. The number of cyclic esters (lactones) is 1. The quantitative estimate of drug-likeness (QED) is 0.118. The van der Waals surface area contributed by atoms with Gasteiger partial charge in [-0.05, 0) is 39.0 Å². The summed E-state index contributed by atoms with van der Waals surface area (Å²) in [4.78, 5) is 34.0. The van der Waals surface area contributed by atoms with Crippen molar-refractivity contribution < 1.29 is 14.3 Å². The van der Waals surface area contributed by atoms with E-state index in [1.165, 1.54) is 12.4 Å². The summed E-state index contributed by atoms with van der Waals surface area (Å²) < 4.78 is 5.00. The maximum atomic E-state index is 12.0. The van der Waals surface area contributed by atoms with Gasteiger partial charge in [-0.15, -0.1) is 5.10 Å². The van der Waals surface area contributed by atoms with Crippen molar-refractivity contribution in [1.29, 1.82) is 5.53 Å². The number of rotatable bonds is 11. The molecule has 2 heterocycles. The van der Waals surface area contributed by atoms with E-state index in [0.717, 1.165) is 49.8 Å². The van der Waals surface area contributed by atoms with Gasteiger partial charge in [0, 0.05) is 37.2 Å². The minimum atomic E-state index is -0.337. The molecular formula is C21H30N8O3. The lowest BCUT2D eigenvalue weighted by atomic mass is 9.70. The molecule has 0 bridgehead atoms. The fraction of sp³-hybridized carbons (Fsp3) is 0.571. The molecule has 3 rings (SSSR count). The van der Waals surface area contributed by atoms with Gasteiger partial charge in [0.1, 0.15) is 25.0 Å². The summed E-state index contributed by atoms with van der Waals surface area (Å²) in [6.45, 7) is 2.99. The molecule has 1 saturated carbocycles. The third-order valence-electron chi connectivity index (χ3n) is 6.30. The predicted molar refractivity (Wildman–Crippen MR) is 118 cm³/mol. The van der Waals surface area contributed by atoms with E-state index in [9.17, 15) is 9.59 Å². The Hall–Kier alpha value is -3.21. The van der Waals surface area contributed by atoms with Crippen LogP contribution in [0.2, 0.25) is 0 Å². The lowest BCUT2D eigenvalue weighted by Crippen LogP contribution is -2.42. The maximum absolute atomic E-state index is 12.0. The Balaban J connectivity index is 1.46. The van der Waals surface area contributed by atoms with E-state index < -0.39 is 0 Å². The summed E-state index contributed by atoms with van der Waals surface area (Å²) in [6, 6.07) is 0.456. The largest absolute Gasteiger partial charge is 0.456 e. The Kier molecular flexibility index (Phi) is 7.98. The number of hydrogen-bond donors (Lipinski definition) is 3. The van der Waals surface area contributed by atoms with E-state index in [-0.39, 0.29) is 17.4 Å². The highest BCUT2D eigenvalue weighted by Gasteiger charge is 2.37. The van der Waals surface area contributed by atoms with Gasteiger partial charge in [-0.1, -0.05) is 5.22 Å². The van der Waals surface area contributed by atoms with E-state index in [4.69, 9.17) is 10.3 Å². The van der Waals surface area contributed by atoms with E-state index in [0.29, 0.717) is 25.0 Å². The number of carbonyl (C=O) groups excluding carboxylic acids is 2. The average Bonchev–Trinajstić information content (AvgIpc) is 3.25. The first-order valence-corrected chi connectivity index (χ1v) is 10.7. The summed E-state index contributed by atoms with van der Waals surface area (Å²) in [5.74, 6) is 0.221. The Morgan fingerprint density at radius 2 is 2.16 bits per heavy atom. The fourth-order valence-electron chi connectivity index (χ4n) is 4.24. The standard InChI is InChI=1S/C21H30N8O3/c1-15(29(2)18-7-20(31)32-12-18)8-21(13-30)5-3-16(4-6-21)23-9-17-10-25-19(11-24-17)26-14-27-28-22/h7,10-11,13-16,23H,3-6,8-9,12H2,1-2H3,(H2,22,25,26,27)/t15-,16-,21+/m1/s1. The van der Waals surface area contributed by atoms with Gasteiger partial charge < -0.3 is 25.1 Å². The fourth-order valence-corrected chi connectivity index (χ4v) is 4.24. The molecular weight excluding hydrogens is 412 g/mol. The van der Waals surface area contributed by atoms with Crippen LogP contribution >= 0.6 is 0 Å². The van der Waals surface area contributed by atoms with Crippen LogP contribution in [0.15, 0.2) is 34.5 Å². The van der Waals surface area contributed by atoms with Crippen molar-refractivity contribution in [2.24, 2.45) is 15.7 Å². The Bertz CT molecular complexity index is 862. The van der Waals surface area contributed by atoms with Crippen molar-refractivity contribution in [3.8, 4) is 0 Å². The Morgan fingerprint density at radius 1 is 1.38 bits per heavy atom. The van der Waals surface area contributed by atoms with Crippen LogP contribution in [0, 0.1) is 10.9 Å². The minimum absolute atomic E-state index is 0.132. The van der Waals surface area contributed by atoms with Crippen molar-refractivity contribution in [2.75, 3.05) is 19.0 Å². The third-order valence-corrected chi connectivity index (χ3v) is 6.30. The first kappa shape index (κ1) is 23.5. The number of nitrogens with one attached hydrogen (secondary N) is 3. The molecule has 1 fully saturated rings. The van der Waals surface area contributed by atoms with Crippen molar-refractivity contribution in [1.82, 2.24) is 20.2 Å². The number of nitrogens with zero attached hydrogens (tertiary/aromatic N) is 5. The van der Waals surface area contributed by atoms with Gasteiger partial charge in [0.15, 0.2) is 0 Å². The van der Waals surface area contributed by atoms with Gasteiger partial charge in [0.25, 0.3) is 0 Å². The van der Waals surface area contributed by atoms with E-state index in [1.807, 2.05) is 11.9 Å². The van der Waals surface area contributed by atoms with Gasteiger partial charge in [0.05, 0.1) is 23.8 Å². The van der Waals surface area contributed by atoms with Crippen molar-refractivity contribution in [3.63, 3.8) is 0 Å². The third kappa shape index (κ3) is 6.16. The van der Waals surface area contributed by atoms with E-state index >= 15 is 0 Å². The molecule has 11 heteroatoms. The lowest BCUT2D eigenvalue weighted by Gasteiger charge is -2.40. The molecule has 3 N–H and O–H groups in total. The molecule has 2 aliphatic rings. The second kappa shape index (κ2) is 10.9. The summed E-state index contributed by atoms with van der Waals surface area (Å²) in [7, 11) is 1.95. The van der Waals surface area contributed by atoms with Crippen LogP contribution in [0.1, 0.15) is 44.7 Å². The van der Waals surface area contributed by atoms with E-state index in [1.54, 1.807) is 12.4 Å². The zero-order chi connectivity index (χ0) is 23.0. The summed E-state index contributed by atoms with van der Waals surface area (Å²) in [6.07, 6.45) is 11.5. The van der Waals surface area contributed by atoms with Crippen LogP contribution < -0.4 is 10.6 Å². The van der Waals surface area contributed by atoms with Crippen LogP contribution in [0.4, 0.5) is 5.82 Å². The van der Waals surface area contributed by atoms with Crippen molar-refractivity contribution in [3.05, 3.63) is 29.9 Å². The highest BCUT2D eigenvalue weighted by atomic mass is 16.5.